The van der Waals surface area contributed by atoms with Crippen LogP contribution < -0.4 is 10.0 Å². The number of benzene rings is 1. The highest BCUT2D eigenvalue weighted by molar-refractivity contribution is 7.90. The molecule has 182 valence electrons. The number of aryl methyl sites for hydroxylation is 2. The molecule has 0 aliphatic carbocycles. The van der Waals surface area contributed by atoms with Crippen LogP contribution in [0.5, 0.6) is 0 Å². The van der Waals surface area contributed by atoms with E-state index >= 15 is 0 Å². The Morgan fingerprint density at radius 3 is 2.69 bits per heavy atom. The van der Waals surface area contributed by atoms with Crippen molar-refractivity contribution in [1.29, 1.82) is 5.26 Å². The summed E-state index contributed by atoms with van der Waals surface area (Å²) < 4.78 is 29.5. The lowest BCUT2D eigenvalue weighted by Gasteiger charge is -2.12. The van der Waals surface area contributed by atoms with Crippen molar-refractivity contribution in [3.63, 3.8) is 0 Å². The molecular formula is C24H27N7O3S. The van der Waals surface area contributed by atoms with Crippen LogP contribution >= 0.6 is 0 Å². The zero-order valence-electron chi connectivity index (χ0n) is 19.7. The molecule has 0 radical (unpaired) electrons. The van der Waals surface area contributed by atoms with Crippen LogP contribution in [0.4, 0.5) is 5.69 Å². The number of nitrogens with zero attached hydrogens (tertiary/aromatic N) is 5. The van der Waals surface area contributed by atoms with E-state index in [0.717, 1.165) is 36.2 Å². The number of hydrogen-bond donors (Lipinski definition) is 2. The summed E-state index contributed by atoms with van der Waals surface area (Å²) in [5, 5.41) is 16.2. The van der Waals surface area contributed by atoms with Gasteiger partial charge in [-0.05, 0) is 62.9 Å². The number of amides is 1. The number of sulfonamides is 1. The lowest BCUT2D eigenvalue weighted by molar-refractivity contribution is -0.116. The predicted molar refractivity (Wildman–Crippen MR) is 132 cm³/mol. The fourth-order valence-corrected chi connectivity index (χ4v) is 5.19. The molecule has 0 unspecified atom stereocenters. The third-order valence-corrected chi connectivity index (χ3v) is 7.40. The maximum absolute atomic E-state index is 12.7. The van der Waals surface area contributed by atoms with Crippen LogP contribution in [0.25, 0.3) is 5.65 Å². The molecule has 0 spiro atoms. The molecule has 11 heteroatoms. The molecule has 1 amide bonds. The summed E-state index contributed by atoms with van der Waals surface area (Å²) >= 11 is 0. The number of aromatic nitrogens is 3. The van der Waals surface area contributed by atoms with Crippen LogP contribution in [0.1, 0.15) is 54.6 Å². The van der Waals surface area contributed by atoms with E-state index in [9.17, 15) is 18.5 Å². The first-order valence-corrected chi connectivity index (χ1v) is 13.0. The lowest BCUT2D eigenvalue weighted by Crippen LogP contribution is -2.30. The van der Waals surface area contributed by atoms with Gasteiger partial charge in [-0.1, -0.05) is 6.42 Å². The van der Waals surface area contributed by atoms with Crippen LogP contribution in [-0.2, 0) is 21.2 Å². The number of nitriles is 1. The van der Waals surface area contributed by atoms with E-state index in [2.05, 4.69) is 31.2 Å². The Morgan fingerprint density at radius 2 is 1.94 bits per heavy atom. The van der Waals surface area contributed by atoms with E-state index in [4.69, 9.17) is 0 Å². The van der Waals surface area contributed by atoms with Gasteiger partial charge >= 0.3 is 0 Å². The van der Waals surface area contributed by atoms with Gasteiger partial charge in [0, 0.05) is 36.5 Å². The Bertz CT molecular complexity index is 1430. The van der Waals surface area contributed by atoms with Crippen LogP contribution in [0.3, 0.4) is 0 Å². The number of fused-ring (bicyclic) bond motifs is 1. The van der Waals surface area contributed by atoms with E-state index < -0.39 is 10.0 Å². The van der Waals surface area contributed by atoms with Gasteiger partial charge in [0.15, 0.2) is 5.65 Å². The highest BCUT2D eigenvalue weighted by Crippen LogP contribution is 2.19. The van der Waals surface area contributed by atoms with Crippen molar-refractivity contribution in [2.45, 2.75) is 57.3 Å². The molecule has 0 bridgehead atoms. The summed E-state index contributed by atoms with van der Waals surface area (Å²) in [5.41, 5.74) is 3.90. The average molecular weight is 494 g/mol. The highest BCUT2D eigenvalue weighted by Gasteiger charge is 2.18. The highest BCUT2D eigenvalue weighted by atomic mass is 32.2. The van der Waals surface area contributed by atoms with Gasteiger partial charge < -0.3 is 5.32 Å². The summed E-state index contributed by atoms with van der Waals surface area (Å²) in [5.74, 6) is 0.292. The number of hydrogen-bond acceptors (Lipinski definition) is 7. The van der Waals surface area contributed by atoms with Crippen LogP contribution in [-0.4, -0.2) is 41.3 Å². The smallest absolute Gasteiger partial charge is 0.262 e. The second-order valence-electron chi connectivity index (χ2n) is 8.48. The van der Waals surface area contributed by atoms with Crippen molar-refractivity contribution in [3.05, 3.63) is 53.0 Å². The Morgan fingerprint density at radius 1 is 1.17 bits per heavy atom. The first-order chi connectivity index (χ1) is 16.8. The molecule has 1 aromatic carbocycles. The average Bonchev–Trinajstić information content (AvgIpc) is 3.06. The molecule has 2 N–H and O–H groups in total. The van der Waals surface area contributed by atoms with Gasteiger partial charge in [0.2, 0.25) is 5.91 Å². The quantitative estimate of drug-likeness (QED) is 0.541. The molecule has 1 aliphatic heterocycles. The molecule has 3 heterocycles. The number of aliphatic imine (C=N–C) groups is 1. The van der Waals surface area contributed by atoms with Gasteiger partial charge in [0.05, 0.1) is 11.1 Å². The van der Waals surface area contributed by atoms with Gasteiger partial charge in [-0.3, -0.25) is 14.5 Å². The Balaban J connectivity index is 1.38. The second-order valence-corrected chi connectivity index (χ2v) is 10.2. The molecule has 2 aromatic heterocycles. The molecule has 0 saturated carbocycles. The molecule has 35 heavy (non-hydrogen) atoms. The predicted octanol–water partition coefficient (Wildman–Crippen LogP) is 3.04. The Hall–Kier alpha value is -3.78. The SMILES string of the molecule is Cc1nc2c(C#N)cnn2c(C)c1CCC(=O)Nc1ccc(S(=O)(=O)NC2=NCCCCC2)cc1. The second kappa shape index (κ2) is 10.2. The number of carbonyl (C=O) groups excluding carboxylic acids is 1. The van der Waals surface area contributed by atoms with Gasteiger partial charge in [0.1, 0.15) is 17.5 Å². The number of anilines is 1. The molecule has 3 aromatic rings. The van der Waals surface area contributed by atoms with Gasteiger partial charge in [0.25, 0.3) is 10.0 Å². The monoisotopic (exact) mass is 493 g/mol. The molecular weight excluding hydrogens is 466 g/mol. The fraction of sp³-hybridized carbons (Fsp3) is 0.375. The Labute approximate surface area is 204 Å². The molecule has 0 saturated heterocycles. The topological polar surface area (TPSA) is 142 Å². The summed E-state index contributed by atoms with van der Waals surface area (Å²) in [6, 6.07) is 8.14. The van der Waals surface area contributed by atoms with Gasteiger partial charge in [-0.2, -0.15) is 10.4 Å². The van der Waals surface area contributed by atoms with Crippen molar-refractivity contribution in [1.82, 2.24) is 19.3 Å². The molecule has 0 atom stereocenters. The minimum absolute atomic E-state index is 0.115. The molecule has 0 fully saturated rings. The summed E-state index contributed by atoms with van der Waals surface area (Å²) in [4.78, 5) is 21.5. The zero-order chi connectivity index (χ0) is 25.0. The molecule has 1 aliphatic rings. The van der Waals surface area contributed by atoms with Crippen molar-refractivity contribution < 1.29 is 13.2 Å². The van der Waals surface area contributed by atoms with Crippen LogP contribution in [0.2, 0.25) is 0 Å². The first kappa shape index (κ1) is 24.3. The third-order valence-electron chi connectivity index (χ3n) is 6.01. The minimum atomic E-state index is -3.72. The van der Waals surface area contributed by atoms with Crippen molar-refractivity contribution in [2.75, 3.05) is 11.9 Å². The van der Waals surface area contributed by atoms with Crippen LogP contribution in [0, 0.1) is 25.2 Å². The maximum atomic E-state index is 12.7. The maximum Gasteiger partial charge on any atom is 0.262 e. The van der Waals surface area contributed by atoms with Crippen molar-refractivity contribution >= 4 is 33.1 Å². The molecule has 4 rings (SSSR count). The largest absolute Gasteiger partial charge is 0.326 e. The number of nitrogens with one attached hydrogen (secondary N) is 2. The van der Waals surface area contributed by atoms with E-state index in [1.165, 1.54) is 18.3 Å². The third kappa shape index (κ3) is 5.49. The first-order valence-electron chi connectivity index (χ1n) is 11.5. The minimum Gasteiger partial charge on any atom is -0.326 e. The summed E-state index contributed by atoms with van der Waals surface area (Å²) in [6.45, 7) is 4.37. The van der Waals surface area contributed by atoms with E-state index in [1.807, 2.05) is 13.8 Å². The van der Waals surface area contributed by atoms with E-state index in [0.29, 0.717) is 42.1 Å². The van der Waals surface area contributed by atoms with E-state index in [-0.39, 0.29) is 17.2 Å². The standard InChI is InChI=1S/C24H27N7O3S/c1-16-21(17(2)31-24(28-16)18(14-25)15-27-31)11-12-23(32)29-19-7-9-20(10-8-19)35(33,34)30-22-6-4-3-5-13-26-22/h7-10,15H,3-6,11-13H2,1-2H3,(H,26,30)(H,29,32). The normalized spacial score (nSPS) is 14.1. The van der Waals surface area contributed by atoms with Crippen molar-refractivity contribution in [2.24, 2.45) is 4.99 Å². The lowest BCUT2D eigenvalue weighted by atomic mass is 10.1. The molecule has 10 nitrogen and oxygen atoms in total. The van der Waals surface area contributed by atoms with Gasteiger partial charge in [-0.25, -0.2) is 17.9 Å². The zero-order valence-corrected chi connectivity index (χ0v) is 20.5. The number of carbonyl (C=O) groups is 1. The number of rotatable bonds is 6. The Kier molecular flexibility index (Phi) is 7.12. The van der Waals surface area contributed by atoms with Crippen molar-refractivity contribution in [3.8, 4) is 6.07 Å². The summed E-state index contributed by atoms with van der Waals surface area (Å²) in [6.07, 6.45) is 5.69. The summed E-state index contributed by atoms with van der Waals surface area (Å²) in [7, 11) is -3.72. The number of amidine groups is 1. The van der Waals surface area contributed by atoms with E-state index in [1.54, 1.807) is 16.6 Å². The fourth-order valence-electron chi connectivity index (χ4n) is 4.10. The van der Waals surface area contributed by atoms with Gasteiger partial charge in [-0.15, -0.1) is 0 Å². The van der Waals surface area contributed by atoms with Crippen LogP contribution in [0.15, 0.2) is 40.4 Å².